The first-order chi connectivity index (χ1) is 20.1. The van der Waals surface area contributed by atoms with Crippen LogP contribution in [0.3, 0.4) is 0 Å². The number of benzene rings is 2. The Morgan fingerprint density at radius 2 is 1.90 bits per heavy atom. The molecule has 3 aromatic heterocycles. The molecule has 3 heterocycles. The lowest BCUT2D eigenvalue weighted by atomic mass is 10.0. The van der Waals surface area contributed by atoms with Crippen LogP contribution >= 0.6 is 11.6 Å². The minimum absolute atomic E-state index is 0.0497. The summed E-state index contributed by atoms with van der Waals surface area (Å²) in [5.74, 6) is -2.58. The van der Waals surface area contributed by atoms with Gasteiger partial charge in [0, 0.05) is 24.2 Å². The number of alkyl halides is 2. The van der Waals surface area contributed by atoms with Crippen LogP contribution in [0.1, 0.15) is 28.5 Å². The number of nitrogens with two attached hydrogens (primary N) is 1. The molecule has 1 amide bonds. The molecule has 16 heteroatoms. The Bertz CT molecular complexity index is 1750. The standard InChI is InChI=1S/C26H19ClF4N8O3/c27-18-4-6-22(38-13-33-35-36-38)23(24(18)29)15-2-5-21(39(41)12-15)20(7-8-42-26(30)31)37-11-16(10-34-37)14-1-3-17(25(32)40)19(28)9-14/h1-6,9-13,20,26H,7-8H2,(H2,32,40). The average molecular weight is 603 g/mol. The van der Waals surface area contributed by atoms with Crippen LogP contribution in [0.15, 0.2) is 67.4 Å². The van der Waals surface area contributed by atoms with Crippen LogP contribution < -0.4 is 10.5 Å². The molecular formula is C26H19ClF4N8O3. The number of ether oxygens (including phenoxy) is 1. The molecule has 0 aliphatic carbocycles. The van der Waals surface area contributed by atoms with E-state index in [4.69, 9.17) is 17.3 Å². The minimum Gasteiger partial charge on any atom is -0.618 e. The number of primary amides is 1. The highest BCUT2D eigenvalue weighted by atomic mass is 35.5. The molecule has 216 valence electrons. The van der Waals surface area contributed by atoms with Crippen LogP contribution in [0.25, 0.3) is 27.9 Å². The molecule has 0 saturated heterocycles. The zero-order valence-electron chi connectivity index (χ0n) is 21.2. The van der Waals surface area contributed by atoms with Gasteiger partial charge in [0.05, 0.1) is 40.2 Å². The summed E-state index contributed by atoms with van der Waals surface area (Å²) in [6, 6.07) is 8.50. The van der Waals surface area contributed by atoms with Crippen LogP contribution in [-0.2, 0) is 4.74 Å². The summed E-state index contributed by atoms with van der Waals surface area (Å²) < 4.78 is 62.5. The van der Waals surface area contributed by atoms with Gasteiger partial charge in [-0.2, -0.15) is 23.3 Å². The van der Waals surface area contributed by atoms with Crippen molar-refractivity contribution in [3.8, 4) is 27.9 Å². The maximum atomic E-state index is 15.2. The Balaban J connectivity index is 1.53. The molecule has 1 atom stereocenters. The number of carbonyl (C=O) groups is 1. The Kier molecular flexibility index (Phi) is 8.13. The first kappa shape index (κ1) is 28.6. The highest BCUT2D eigenvalue weighted by Gasteiger charge is 2.26. The zero-order chi connectivity index (χ0) is 30.0. The number of hydrogen-bond acceptors (Lipinski definition) is 7. The van der Waals surface area contributed by atoms with Crippen LogP contribution in [0.4, 0.5) is 17.6 Å². The van der Waals surface area contributed by atoms with Gasteiger partial charge in [-0.1, -0.05) is 17.7 Å². The van der Waals surface area contributed by atoms with E-state index in [-0.39, 0.29) is 39.5 Å². The Morgan fingerprint density at radius 1 is 1.12 bits per heavy atom. The second-order valence-electron chi connectivity index (χ2n) is 8.88. The molecule has 1 unspecified atom stereocenters. The number of amides is 1. The van der Waals surface area contributed by atoms with Crippen molar-refractivity contribution in [2.24, 2.45) is 5.73 Å². The van der Waals surface area contributed by atoms with Crippen LogP contribution in [0.5, 0.6) is 0 Å². The lowest BCUT2D eigenvalue weighted by Crippen LogP contribution is -2.36. The van der Waals surface area contributed by atoms with Gasteiger partial charge >= 0.3 is 6.61 Å². The molecule has 0 saturated carbocycles. The fourth-order valence-electron chi connectivity index (χ4n) is 4.41. The zero-order valence-corrected chi connectivity index (χ0v) is 22.0. The van der Waals surface area contributed by atoms with Crippen LogP contribution in [0, 0.1) is 16.8 Å². The molecule has 0 radical (unpaired) electrons. The summed E-state index contributed by atoms with van der Waals surface area (Å²) in [4.78, 5) is 11.4. The highest BCUT2D eigenvalue weighted by Crippen LogP contribution is 2.34. The molecule has 0 fully saturated rings. The van der Waals surface area contributed by atoms with E-state index in [0.29, 0.717) is 15.9 Å². The van der Waals surface area contributed by atoms with Crippen molar-refractivity contribution in [1.82, 2.24) is 30.0 Å². The van der Waals surface area contributed by atoms with Crippen molar-refractivity contribution in [3.63, 3.8) is 0 Å². The van der Waals surface area contributed by atoms with Gasteiger partial charge in [-0.3, -0.25) is 9.48 Å². The fraction of sp³-hybridized carbons (Fsp3) is 0.154. The summed E-state index contributed by atoms with van der Waals surface area (Å²) in [5.41, 5.74) is 5.98. The van der Waals surface area contributed by atoms with Crippen LogP contribution in [-0.4, -0.2) is 49.1 Å². The van der Waals surface area contributed by atoms with E-state index in [1.807, 2.05) is 0 Å². The van der Waals surface area contributed by atoms with E-state index in [9.17, 15) is 23.2 Å². The third-order valence-corrected chi connectivity index (χ3v) is 6.66. The molecule has 42 heavy (non-hydrogen) atoms. The van der Waals surface area contributed by atoms with Crippen molar-refractivity contribution < 1.29 is 31.8 Å². The minimum atomic E-state index is -3.04. The summed E-state index contributed by atoms with van der Waals surface area (Å²) in [6.45, 7) is -3.48. The molecule has 0 aliphatic heterocycles. The topological polar surface area (TPSA) is 141 Å². The molecule has 0 aliphatic rings. The van der Waals surface area contributed by atoms with Crippen molar-refractivity contribution in [2.45, 2.75) is 19.1 Å². The number of nitrogens with zero attached hydrogens (tertiary/aromatic N) is 7. The molecule has 11 nitrogen and oxygen atoms in total. The van der Waals surface area contributed by atoms with Crippen molar-refractivity contribution >= 4 is 17.5 Å². The molecule has 2 N–H and O–H groups in total. The van der Waals surface area contributed by atoms with E-state index in [0.717, 1.165) is 12.3 Å². The molecule has 0 spiro atoms. The van der Waals surface area contributed by atoms with Gasteiger partial charge < -0.3 is 15.7 Å². The maximum absolute atomic E-state index is 15.2. The number of tetrazole rings is 1. The van der Waals surface area contributed by atoms with Gasteiger partial charge in [-0.25, -0.2) is 8.78 Å². The number of halogens is 5. The van der Waals surface area contributed by atoms with Gasteiger partial charge in [0.1, 0.15) is 18.2 Å². The van der Waals surface area contributed by atoms with Crippen molar-refractivity contribution in [1.29, 1.82) is 0 Å². The first-order valence-electron chi connectivity index (χ1n) is 12.1. The van der Waals surface area contributed by atoms with Crippen molar-refractivity contribution in [2.75, 3.05) is 6.61 Å². The van der Waals surface area contributed by atoms with Crippen LogP contribution in [0.2, 0.25) is 5.02 Å². The van der Waals surface area contributed by atoms with Gasteiger partial charge in [-0.05, 0) is 46.3 Å². The SMILES string of the molecule is NC(=O)c1ccc(-c2cnn(C(CCOC(F)F)c3ccc(-c4c(-n5cnnn5)ccc(Cl)c4F)c[n+]3[O-])c2)cc1F. The average Bonchev–Trinajstić information content (AvgIpc) is 3.66. The highest BCUT2D eigenvalue weighted by molar-refractivity contribution is 6.31. The largest absolute Gasteiger partial charge is 0.618 e. The maximum Gasteiger partial charge on any atom is 0.345 e. The molecule has 2 aromatic carbocycles. The Labute approximate surface area is 239 Å². The third-order valence-electron chi connectivity index (χ3n) is 6.37. The molecule has 5 rings (SSSR count). The predicted octanol–water partition coefficient (Wildman–Crippen LogP) is 4.08. The second-order valence-corrected chi connectivity index (χ2v) is 9.29. The smallest absolute Gasteiger partial charge is 0.345 e. The number of hydrogen-bond donors (Lipinski definition) is 1. The van der Waals surface area contributed by atoms with E-state index in [1.165, 1.54) is 64.5 Å². The van der Waals surface area contributed by atoms with Gasteiger partial charge in [-0.15, -0.1) is 5.10 Å². The van der Waals surface area contributed by atoms with E-state index < -0.39 is 36.8 Å². The van der Waals surface area contributed by atoms with E-state index in [2.05, 4.69) is 25.4 Å². The second kappa shape index (κ2) is 11.9. The normalized spacial score (nSPS) is 12.1. The summed E-state index contributed by atoms with van der Waals surface area (Å²) in [7, 11) is 0. The lowest BCUT2D eigenvalue weighted by Gasteiger charge is -2.18. The summed E-state index contributed by atoms with van der Waals surface area (Å²) >= 11 is 6.01. The summed E-state index contributed by atoms with van der Waals surface area (Å²) in [5, 5.41) is 28.3. The third kappa shape index (κ3) is 5.77. The lowest BCUT2D eigenvalue weighted by molar-refractivity contribution is -0.615. The Hall–Kier alpha value is -4.89. The summed E-state index contributed by atoms with van der Waals surface area (Å²) in [6.07, 6.45) is 5.09. The quantitative estimate of drug-likeness (QED) is 0.144. The number of pyridine rings is 1. The fourth-order valence-corrected chi connectivity index (χ4v) is 4.57. The molecular weight excluding hydrogens is 584 g/mol. The van der Waals surface area contributed by atoms with Gasteiger partial charge in [0.15, 0.2) is 12.0 Å². The molecule has 5 aromatic rings. The number of carbonyl (C=O) groups excluding carboxylic acids is 1. The van der Waals surface area contributed by atoms with Gasteiger partial charge in [0.2, 0.25) is 5.69 Å². The van der Waals surface area contributed by atoms with E-state index >= 15 is 4.39 Å². The monoisotopic (exact) mass is 602 g/mol. The molecule has 0 bridgehead atoms. The number of aromatic nitrogens is 7. The van der Waals surface area contributed by atoms with Gasteiger partial charge in [0.25, 0.3) is 5.91 Å². The Morgan fingerprint density at radius 3 is 2.57 bits per heavy atom. The van der Waals surface area contributed by atoms with E-state index in [1.54, 1.807) is 0 Å². The van der Waals surface area contributed by atoms with Crippen molar-refractivity contribution in [3.05, 3.63) is 101 Å². The predicted molar refractivity (Wildman–Crippen MR) is 139 cm³/mol. The number of rotatable bonds is 10. The first-order valence-corrected chi connectivity index (χ1v) is 12.5.